The van der Waals surface area contributed by atoms with Crippen LogP contribution in [0.25, 0.3) is 11.0 Å². The molecule has 186 valence electrons. The summed E-state index contributed by atoms with van der Waals surface area (Å²) >= 11 is 0. The maximum atomic E-state index is 13.6. The van der Waals surface area contributed by atoms with Gasteiger partial charge in [-0.2, -0.15) is 4.72 Å². The van der Waals surface area contributed by atoms with Gasteiger partial charge in [-0.1, -0.05) is 26.0 Å². The second kappa shape index (κ2) is 9.50. The van der Waals surface area contributed by atoms with Crippen LogP contribution in [0.5, 0.6) is 11.5 Å². The molecule has 0 unspecified atom stereocenters. The van der Waals surface area contributed by atoms with E-state index in [1.807, 2.05) is 38.1 Å². The quantitative estimate of drug-likeness (QED) is 0.540. The number of imidazole rings is 1. The van der Waals surface area contributed by atoms with Crippen LogP contribution in [0.1, 0.15) is 38.4 Å². The number of para-hydroxylation sites is 2. The molecule has 0 aliphatic carbocycles. The van der Waals surface area contributed by atoms with Crippen LogP contribution in [0.15, 0.2) is 47.4 Å². The SMILES string of the molecule is CC(C)[C@H](NS(=O)(=O)c1ccc2c(c1)OCCO2)C(=O)N1CCC[C@H](c2nc3ccccc3[nH]2)C1. The van der Waals surface area contributed by atoms with Crippen molar-refractivity contribution < 1.29 is 22.7 Å². The standard InChI is InChI=1S/C25H30N4O5S/c1-16(2)23(28-35(31,32)18-9-10-21-22(14-18)34-13-12-33-21)25(30)29-11-5-6-17(15-29)24-26-19-7-3-4-8-20(19)27-24/h3-4,7-10,14,16-17,23,28H,5-6,11-13,15H2,1-2H3,(H,26,27)/t17-,23-/m0/s1. The molecule has 0 spiro atoms. The minimum atomic E-state index is -3.96. The molecule has 2 atom stereocenters. The number of aromatic amines is 1. The van der Waals surface area contributed by atoms with Gasteiger partial charge in [0.05, 0.1) is 15.9 Å². The molecule has 0 radical (unpaired) electrons. The van der Waals surface area contributed by atoms with Crippen LogP contribution in [0.3, 0.4) is 0 Å². The Kier molecular flexibility index (Phi) is 6.41. The van der Waals surface area contributed by atoms with Crippen LogP contribution in [0, 0.1) is 5.92 Å². The van der Waals surface area contributed by atoms with Crippen molar-refractivity contribution in [3.63, 3.8) is 0 Å². The van der Waals surface area contributed by atoms with Crippen LogP contribution >= 0.6 is 0 Å². The zero-order valence-electron chi connectivity index (χ0n) is 19.9. The van der Waals surface area contributed by atoms with E-state index in [1.165, 1.54) is 12.1 Å². The van der Waals surface area contributed by atoms with Gasteiger partial charge in [-0.3, -0.25) is 4.79 Å². The number of H-pyrrole nitrogens is 1. The Balaban J connectivity index is 1.33. The first-order valence-corrected chi connectivity index (χ1v) is 13.5. The number of nitrogens with zero attached hydrogens (tertiary/aromatic N) is 2. The summed E-state index contributed by atoms with van der Waals surface area (Å²) in [7, 11) is -3.96. The molecular formula is C25H30N4O5S. The van der Waals surface area contributed by atoms with E-state index in [0.29, 0.717) is 37.8 Å². The molecular weight excluding hydrogens is 468 g/mol. The van der Waals surface area contributed by atoms with E-state index in [0.717, 1.165) is 29.7 Å². The van der Waals surface area contributed by atoms with Crippen LogP contribution in [-0.4, -0.2) is 61.5 Å². The number of piperidine rings is 1. The monoisotopic (exact) mass is 498 g/mol. The van der Waals surface area contributed by atoms with Gasteiger partial charge in [0.2, 0.25) is 15.9 Å². The number of fused-ring (bicyclic) bond motifs is 2. The molecule has 1 fully saturated rings. The van der Waals surface area contributed by atoms with E-state index in [1.54, 1.807) is 11.0 Å². The molecule has 2 N–H and O–H groups in total. The summed E-state index contributed by atoms with van der Waals surface area (Å²) in [4.78, 5) is 23.5. The van der Waals surface area contributed by atoms with Crippen LogP contribution in [0.4, 0.5) is 0 Å². The number of hydrogen-bond acceptors (Lipinski definition) is 6. The minimum Gasteiger partial charge on any atom is -0.486 e. The first kappa shape index (κ1) is 23.6. The highest BCUT2D eigenvalue weighted by Crippen LogP contribution is 2.33. The van der Waals surface area contributed by atoms with Gasteiger partial charge >= 0.3 is 0 Å². The number of amides is 1. The van der Waals surface area contributed by atoms with Crippen LogP contribution in [0.2, 0.25) is 0 Å². The van der Waals surface area contributed by atoms with Crippen molar-refractivity contribution in [1.29, 1.82) is 0 Å². The highest BCUT2D eigenvalue weighted by molar-refractivity contribution is 7.89. The lowest BCUT2D eigenvalue weighted by atomic mass is 9.95. The number of aromatic nitrogens is 2. The summed E-state index contributed by atoms with van der Waals surface area (Å²) < 4.78 is 40.1. The second-order valence-electron chi connectivity index (χ2n) is 9.41. The van der Waals surface area contributed by atoms with E-state index < -0.39 is 16.1 Å². The largest absolute Gasteiger partial charge is 0.486 e. The molecule has 1 saturated heterocycles. The maximum Gasteiger partial charge on any atom is 0.241 e. The normalized spacial score (nSPS) is 19.2. The van der Waals surface area contributed by atoms with E-state index in [2.05, 4.69) is 9.71 Å². The highest BCUT2D eigenvalue weighted by atomic mass is 32.2. The number of likely N-dealkylation sites (tertiary alicyclic amines) is 1. The summed E-state index contributed by atoms with van der Waals surface area (Å²) in [6, 6.07) is 11.5. The fourth-order valence-electron chi connectivity index (χ4n) is 4.66. The van der Waals surface area contributed by atoms with Gasteiger partial charge in [0.1, 0.15) is 25.1 Å². The van der Waals surface area contributed by atoms with Crippen molar-refractivity contribution in [3.8, 4) is 11.5 Å². The lowest BCUT2D eigenvalue weighted by Crippen LogP contribution is -2.53. The summed E-state index contributed by atoms with van der Waals surface area (Å²) in [5, 5.41) is 0. The lowest BCUT2D eigenvalue weighted by molar-refractivity contribution is -0.135. The Morgan fingerprint density at radius 2 is 1.91 bits per heavy atom. The summed E-state index contributed by atoms with van der Waals surface area (Å²) in [6.45, 7) is 5.55. The Morgan fingerprint density at radius 1 is 1.14 bits per heavy atom. The number of carbonyl (C=O) groups excluding carboxylic acids is 1. The highest BCUT2D eigenvalue weighted by Gasteiger charge is 2.35. The first-order chi connectivity index (χ1) is 16.8. The van der Waals surface area contributed by atoms with Crippen molar-refractivity contribution in [3.05, 3.63) is 48.3 Å². The molecule has 0 bridgehead atoms. The van der Waals surface area contributed by atoms with Gasteiger partial charge in [0.25, 0.3) is 0 Å². The molecule has 3 aromatic rings. The molecule has 1 amide bonds. The van der Waals surface area contributed by atoms with E-state index in [-0.39, 0.29) is 22.6 Å². The number of sulfonamides is 1. The molecule has 0 saturated carbocycles. The number of ether oxygens (including phenoxy) is 2. The van der Waals surface area contributed by atoms with E-state index in [4.69, 9.17) is 14.5 Å². The van der Waals surface area contributed by atoms with Crippen LogP contribution < -0.4 is 14.2 Å². The molecule has 35 heavy (non-hydrogen) atoms. The van der Waals surface area contributed by atoms with Crippen molar-refractivity contribution in [1.82, 2.24) is 19.6 Å². The molecule has 2 aromatic carbocycles. The fraction of sp³-hybridized carbons (Fsp3) is 0.440. The third kappa shape index (κ3) is 4.85. The Labute approximate surface area is 204 Å². The second-order valence-corrected chi connectivity index (χ2v) is 11.1. The fourth-order valence-corrected chi connectivity index (χ4v) is 6.01. The van der Waals surface area contributed by atoms with Gasteiger partial charge in [-0.25, -0.2) is 13.4 Å². The Hall–Kier alpha value is -3.11. The lowest BCUT2D eigenvalue weighted by Gasteiger charge is -2.35. The van der Waals surface area contributed by atoms with Gasteiger partial charge in [0.15, 0.2) is 11.5 Å². The Morgan fingerprint density at radius 3 is 2.69 bits per heavy atom. The molecule has 1 aromatic heterocycles. The molecule has 3 heterocycles. The Bertz CT molecular complexity index is 1300. The summed E-state index contributed by atoms with van der Waals surface area (Å²) in [5.74, 6) is 1.37. The number of carbonyl (C=O) groups is 1. The zero-order valence-corrected chi connectivity index (χ0v) is 20.7. The van der Waals surface area contributed by atoms with Gasteiger partial charge in [0, 0.05) is 25.1 Å². The maximum absolute atomic E-state index is 13.6. The summed E-state index contributed by atoms with van der Waals surface area (Å²) in [5.41, 5.74) is 1.87. The molecule has 2 aliphatic heterocycles. The average molecular weight is 499 g/mol. The van der Waals surface area contributed by atoms with Crippen molar-refractivity contribution in [2.75, 3.05) is 26.3 Å². The zero-order chi connectivity index (χ0) is 24.6. The molecule has 9 nitrogen and oxygen atoms in total. The van der Waals surface area contributed by atoms with Crippen LogP contribution in [-0.2, 0) is 14.8 Å². The number of hydrogen-bond donors (Lipinski definition) is 2. The van der Waals surface area contributed by atoms with Gasteiger partial charge in [-0.05, 0) is 43.0 Å². The number of nitrogens with one attached hydrogen (secondary N) is 2. The predicted molar refractivity (Wildman–Crippen MR) is 131 cm³/mol. The smallest absolute Gasteiger partial charge is 0.241 e. The first-order valence-electron chi connectivity index (χ1n) is 12.0. The van der Waals surface area contributed by atoms with E-state index in [9.17, 15) is 13.2 Å². The van der Waals surface area contributed by atoms with Gasteiger partial charge < -0.3 is 19.4 Å². The summed E-state index contributed by atoms with van der Waals surface area (Å²) in [6.07, 6.45) is 1.74. The number of benzene rings is 2. The van der Waals surface area contributed by atoms with Gasteiger partial charge in [-0.15, -0.1) is 0 Å². The third-order valence-electron chi connectivity index (χ3n) is 6.57. The topological polar surface area (TPSA) is 114 Å². The molecule has 2 aliphatic rings. The average Bonchev–Trinajstić information content (AvgIpc) is 3.31. The number of rotatable bonds is 6. The van der Waals surface area contributed by atoms with Crippen molar-refractivity contribution in [2.45, 2.75) is 43.5 Å². The van der Waals surface area contributed by atoms with Crippen molar-refractivity contribution >= 4 is 27.0 Å². The minimum absolute atomic E-state index is 0.0407. The third-order valence-corrected chi connectivity index (χ3v) is 8.01. The van der Waals surface area contributed by atoms with Crippen molar-refractivity contribution in [2.24, 2.45) is 5.92 Å². The molecule has 10 heteroatoms. The molecule has 5 rings (SSSR count). The predicted octanol–water partition coefficient (Wildman–Crippen LogP) is 3.04. The van der Waals surface area contributed by atoms with E-state index >= 15 is 0 Å².